The van der Waals surface area contributed by atoms with Crippen LogP contribution < -0.4 is 0 Å². The van der Waals surface area contributed by atoms with E-state index in [9.17, 15) is 14.4 Å². The summed E-state index contributed by atoms with van der Waals surface area (Å²) in [6.45, 7) is 2.99. The first-order chi connectivity index (χ1) is 8.95. The van der Waals surface area contributed by atoms with Gasteiger partial charge in [0.2, 0.25) is 0 Å². The summed E-state index contributed by atoms with van der Waals surface area (Å²) >= 11 is 5.84. The third-order valence-electron chi connectivity index (χ3n) is 2.61. The molecule has 0 radical (unpaired) electrons. The average Bonchev–Trinajstić information content (AvgIpc) is 2.35. The molecule has 0 saturated heterocycles. The Morgan fingerprint density at radius 1 is 1.32 bits per heavy atom. The minimum Gasteiger partial charge on any atom is -0.460 e. The van der Waals surface area contributed by atoms with Crippen molar-refractivity contribution in [1.29, 1.82) is 0 Å². The topological polar surface area (TPSA) is 60.4 Å². The zero-order valence-electron chi connectivity index (χ0n) is 10.8. The van der Waals surface area contributed by atoms with Gasteiger partial charge in [-0.25, -0.2) is 4.79 Å². The predicted octanol–water partition coefficient (Wildman–Crippen LogP) is 2.22. The number of ether oxygens (including phenoxy) is 1. The van der Waals surface area contributed by atoms with Crippen molar-refractivity contribution in [2.75, 3.05) is 6.61 Å². The molecule has 0 heterocycles. The number of carbonyl (C=O) groups excluding carboxylic acids is 3. The van der Waals surface area contributed by atoms with Crippen LogP contribution in [0.1, 0.15) is 19.4 Å². The van der Waals surface area contributed by atoms with Gasteiger partial charge in [-0.3, -0.25) is 9.59 Å². The highest BCUT2D eigenvalue weighted by Crippen LogP contribution is 2.16. The summed E-state index contributed by atoms with van der Waals surface area (Å²) in [6.07, 6.45) is 0.146. The summed E-state index contributed by atoms with van der Waals surface area (Å²) < 4.78 is 4.63. The third-order valence-corrected chi connectivity index (χ3v) is 2.85. The number of benzene rings is 1. The molecule has 0 N–H and O–H groups in total. The van der Waals surface area contributed by atoms with Gasteiger partial charge in [0.15, 0.2) is 0 Å². The van der Waals surface area contributed by atoms with Crippen molar-refractivity contribution in [1.82, 2.24) is 0 Å². The first-order valence-electron chi connectivity index (χ1n) is 5.91. The monoisotopic (exact) mass is 282 g/mol. The molecule has 4 nitrogen and oxygen atoms in total. The van der Waals surface area contributed by atoms with E-state index in [1.165, 1.54) is 6.92 Å². The van der Waals surface area contributed by atoms with Crippen LogP contribution in [0, 0.1) is 5.92 Å². The molecule has 1 atom stereocenters. The number of hydrogen-bond donors (Lipinski definition) is 0. The molecule has 0 aliphatic rings. The fourth-order valence-corrected chi connectivity index (χ4v) is 1.88. The third kappa shape index (κ3) is 4.48. The number of rotatable bonds is 6. The molecule has 0 bridgehead atoms. The molecule has 5 heteroatoms. The number of hydrogen-bond acceptors (Lipinski definition) is 4. The summed E-state index contributed by atoms with van der Waals surface area (Å²) in [5, 5.41) is 0.517. The van der Waals surface area contributed by atoms with Gasteiger partial charge in [0.25, 0.3) is 5.78 Å². The van der Waals surface area contributed by atoms with Crippen LogP contribution in [0.5, 0.6) is 0 Å². The molecule has 0 aliphatic carbocycles. The highest BCUT2D eigenvalue weighted by atomic mass is 35.5. The van der Waals surface area contributed by atoms with Gasteiger partial charge >= 0.3 is 5.97 Å². The standard InChI is InChI=1S/C14H15ClO4/c1-3-19-14(18)13(17)12(9(2)16)8-10-5-4-6-11(15)7-10/h4-7,12H,3,8H2,1-2H3. The minimum atomic E-state index is -1.02. The normalized spacial score (nSPS) is 11.7. The van der Waals surface area contributed by atoms with Crippen LogP contribution >= 0.6 is 11.6 Å². The van der Waals surface area contributed by atoms with Gasteiger partial charge in [0.05, 0.1) is 12.5 Å². The number of halogens is 1. The summed E-state index contributed by atoms with van der Waals surface area (Å²) in [5.41, 5.74) is 0.727. The van der Waals surface area contributed by atoms with Gasteiger partial charge in [-0.05, 0) is 38.0 Å². The molecule has 102 valence electrons. The molecule has 0 fully saturated rings. The highest BCUT2D eigenvalue weighted by Gasteiger charge is 2.30. The van der Waals surface area contributed by atoms with Crippen LogP contribution in [0.25, 0.3) is 0 Å². The zero-order chi connectivity index (χ0) is 14.4. The first-order valence-corrected chi connectivity index (χ1v) is 6.29. The van der Waals surface area contributed by atoms with Crippen molar-refractivity contribution in [3.8, 4) is 0 Å². The second-order valence-electron chi connectivity index (χ2n) is 4.08. The zero-order valence-corrected chi connectivity index (χ0v) is 11.6. The largest absolute Gasteiger partial charge is 0.460 e. The van der Waals surface area contributed by atoms with Crippen LogP contribution in [0.2, 0.25) is 5.02 Å². The van der Waals surface area contributed by atoms with E-state index in [-0.39, 0.29) is 18.8 Å². The molecule has 0 aliphatic heterocycles. The molecular weight excluding hydrogens is 268 g/mol. The maximum Gasteiger partial charge on any atom is 0.375 e. The molecule has 1 rings (SSSR count). The lowest BCUT2D eigenvalue weighted by atomic mass is 9.92. The fraction of sp³-hybridized carbons (Fsp3) is 0.357. The van der Waals surface area contributed by atoms with E-state index in [1.54, 1.807) is 31.2 Å². The van der Waals surface area contributed by atoms with Gasteiger partial charge in [-0.15, -0.1) is 0 Å². The summed E-state index contributed by atoms with van der Waals surface area (Å²) in [5.74, 6) is -3.16. The van der Waals surface area contributed by atoms with Crippen molar-refractivity contribution in [2.45, 2.75) is 20.3 Å². The SMILES string of the molecule is CCOC(=O)C(=O)C(Cc1cccc(Cl)c1)C(C)=O. The Morgan fingerprint density at radius 3 is 2.53 bits per heavy atom. The van der Waals surface area contributed by atoms with E-state index in [4.69, 9.17) is 11.6 Å². The van der Waals surface area contributed by atoms with Gasteiger partial charge in [-0.2, -0.15) is 0 Å². The Labute approximate surface area is 116 Å². The smallest absolute Gasteiger partial charge is 0.375 e. The lowest BCUT2D eigenvalue weighted by molar-refractivity contribution is -0.156. The number of esters is 1. The Bertz CT molecular complexity index is 496. The van der Waals surface area contributed by atoms with Gasteiger partial charge < -0.3 is 4.74 Å². The molecule has 19 heavy (non-hydrogen) atoms. The average molecular weight is 283 g/mol. The van der Waals surface area contributed by atoms with Crippen molar-refractivity contribution in [3.05, 3.63) is 34.9 Å². The fourth-order valence-electron chi connectivity index (χ4n) is 1.67. The Kier molecular flexibility index (Phi) is 5.70. The van der Waals surface area contributed by atoms with E-state index >= 15 is 0 Å². The van der Waals surface area contributed by atoms with Crippen LogP contribution in [0.15, 0.2) is 24.3 Å². The molecule has 0 amide bonds. The lowest BCUT2D eigenvalue weighted by Crippen LogP contribution is -2.32. The van der Waals surface area contributed by atoms with Gasteiger partial charge in [-0.1, -0.05) is 23.7 Å². The van der Waals surface area contributed by atoms with E-state index in [0.717, 1.165) is 5.56 Å². The molecule has 0 spiro atoms. The maximum atomic E-state index is 11.8. The van der Waals surface area contributed by atoms with Crippen molar-refractivity contribution in [2.24, 2.45) is 5.92 Å². The molecule has 0 aromatic heterocycles. The van der Waals surface area contributed by atoms with Crippen molar-refractivity contribution in [3.63, 3.8) is 0 Å². The molecule has 1 unspecified atom stereocenters. The van der Waals surface area contributed by atoms with E-state index in [2.05, 4.69) is 4.74 Å². The summed E-state index contributed by atoms with van der Waals surface area (Å²) in [7, 11) is 0. The van der Waals surface area contributed by atoms with Crippen molar-refractivity contribution >= 4 is 29.1 Å². The van der Waals surface area contributed by atoms with Crippen LogP contribution in [0.3, 0.4) is 0 Å². The number of carbonyl (C=O) groups is 3. The molecule has 1 aromatic rings. The summed E-state index contributed by atoms with van der Waals surface area (Å²) in [6, 6.07) is 6.83. The second kappa shape index (κ2) is 7.04. The second-order valence-corrected chi connectivity index (χ2v) is 4.52. The molecule has 1 aromatic carbocycles. The quantitative estimate of drug-likeness (QED) is 0.456. The van der Waals surface area contributed by atoms with Crippen LogP contribution in [-0.2, 0) is 25.5 Å². The predicted molar refractivity (Wildman–Crippen MR) is 71.0 cm³/mol. The minimum absolute atomic E-state index is 0.104. The van der Waals surface area contributed by atoms with Crippen LogP contribution in [0.4, 0.5) is 0 Å². The number of Topliss-reactive ketones (excluding diaryl/α,β-unsaturated/α-hetero) is 2. The Hall–Kier alpha value is -1.68. The molecule has 0 saturated carbocycles. The summed E-state index contributed by atoms with van der Waals surface area (Å²) in [4.78, 5) is 34.8. The van der Waals surface area contributed by atoms with E-state index in [0.29, 0.717) is 5.02 Å². The van der Waals surface area contributed by atoms with Gasteiger partial charge in [0, 0.05) is 5.02 Å². The Balaban J connectivity index is 2.87. The Morgan fingerprint density at radius 2 is 2.00 bits per heavy atom. The maximum absolute atomic E-state index is 11.8. The first kappa shape index (κ1) is 15.4. The molecular formula is C14H15ClO4. The highest BCUT2D eigenvalue weighted by molar-refractivity contribution is 6.38. The van der Waals surface area contributed by atoms with Gasteiger partial charge in [0.1, 0.15) is 5.78 Å². The van der Waals surface area contributed by atoms with E-state index in [1.807, 2.05) is 0 Å². The van der Waals surface area contributed by atoms with E-state index < -0.39 is 17.7 Å². The van der Waals surface area contributed by atoms with Crippen molar-refractivity contribution < 1.29 is 19.1 Å². The lowest BCUT2D eigenvalue weighted by Gasteiger charge is -2.12. The number of ketones is 2. The van der Waals surface area contributed by atoms with Crippen LogP contribution in [-0.4, -0.2) is 24.1 Å².